The van der Waals surface area contributed by atoms with Crippen LogP contribution in [0.3, 0.4) is 0 Å². The Kier molecular flexibility index (Phi) is 3.61. The molecule has 0 radical (unpaired) electrons. The van der Waals surface area contributed by atoms with E-state index in [4.69, 9.17) is 0 Å². The molecular weight excluding hydrogens is 323 g/mol. The Hall–Kier alpha value is -3.00. The molecule has 3 N–H and O–H groups in total. The van der Waals surface area contributed by atoms with E-state index in [1.54, 1.807) is 25.4 Å². The summed E-state index contributed by atoms with van der Waals surface area (Å²) in [6.07, 6.45) is 2.92. The van der Waals surface area contributed by atoms with Crippen molar-refractivity contribution in [3.8, 4) is 5.69 Å². The zero-order chi connectivity index (χ0) is 17.6. The van der Waals surface area contributed by atoms with Crippen LogP contribution < -0.4 is 5.32 Å². The number of fused-ring (bicyclic) bond motifs is 3. The Morgan fingerprint density at radius 2 is 2.16 bits per heavy atom. The van der Waals surface area contributed by atoms with Crippen LogP contribution in [-0.2, 0) is 0 Å². The molecule has 0 aliphatic rings. The lowest BCUT2D eigenvalue weighted by Crippen LogP contribution is -2.17. The summed E-state index contributed by atoms with van der Waals surface area (Å²) < 4.78 is 15.6. The second-order valence-electron chi connectivity index (χ2n) is 6.02. The van der Waals surface area contributed by atoms with Crippen molar-refractivity contribution in [2.24, 2.45) is 0 Å². The van der Waals surface area contributed by atoms with E-state index < -0.39 is 6.10 Å². The maximum Gasteiger partial charge on any atom is 0.223 e. The number of aliphatic hydroxyl groups excluding tert-OH is 1. The van der Waals surface area contributed by atoms with Crippen LogP contribution in [0.2, 0.25) is 0 Å². The van der Waals surface area contributed by atoms with Crippen molar-refractivity contribution in [1.29, 1.82) is 0 Å². The van der Waals surface area contributed by atoms with E-state index in [-0.39, 0.29) is 5.82 Å². The van der Waals surface area contributed by atoms with Gasteiger partial charge in [0.15, 0.2) is 0 Å². The maximum absolute atomic E-state index is 13.7. The lowest BCUT2D eigenvalue weighted by molar-refractivity contribution is 0.208. The van der Waals surface area contributed by atoms with Crippen molar-refractivity contribution in [1.82, 2.24) is 24.7 Å². The monoisotopic (exact) mass is 340 g/mol. The number of benzene rings is 1. The molecule has 1 aromatic carbocycles. The zero-order valence-electron chi connectivity index (χ0n) is 13.8. The van der Waals surface area contributed by atoms with Crippen molar-refractivity contribution in [2.45, 2.75) is 20.0 Å². The first kappa shape index (κ1) is 15.5. The van der Waals surface area contributed by atoms with Gasteiger partial charge >= 0.3 is 0 Å². The summed E-state index contributed by atoms with van der Waals surface area (Å²) >= 11 is 0. The third kappa shape index (κ3) is 2.60. The van der Waals surface area contributed by atoms with Crippen LogP contribution in [0.1, 0.15) is 12.6 Å². The zero-order valence-corrected chi connectivity index (χ0v) is 13.8. The van der Waals surface area contributed by atoms with E-state index in [0.29, 0.717) is 12.5 Å². The topological polar surface area (TPSA) is 91.7 Å². The first-order chi connectivity index (χ1) is 12.0. The number of rotatable bonds is 4. The van der Waals surface area contributed by atoms with Crippen molar-refractivity contribution in [3.63, 3.8) is 0 Å². The van der Waals surface area contributed by atoms with E-state index in [0.717, 1.165) is 33.3 Å². The fourth-order valence-corrected chi connectivity index (χ4v) is 2.94. The molecule has 4 aromatic rings. The number of nitrogens with one attached hydrogen (secondary N) is 2. The second-order valence-corrected chi connectivity index (χ2v) is 6.02. The van der Waals surface area contributed by atoms with Gasteiger partial charge in [0.2, 0.25) is 5.95 Å². The quantitative estimate of drug-likeness (QED) is 0.531. The largest absolute Gasteiger partial charge is 0.392 e. The molecule has 0 spiro atoms. The van der Waals surface area contributed by atoms with Crippen LogP contribution in [0.25, 0.3) is 27.6 Å². The first-order valence-corrected chi connectivity index (χ1v) is 7.93. The maximum atomic E-state index is 13.7. The molecule has 8 heteroatoms. The molecule has 25 heavy (non-hydrogen) atoms. The Morgan fingerprint density at radius 3 is 2.92 bits per heavy atom. The minimum atomic E-state index is -0.488. The number of aliphatic hydroxyl groups is 1. The fraction of sp³-hybridized carbons (Fsp3) is 0.235. The summed E-state index contributed by atoms with van der Waals surface area (Å²) in [5.41, 5.74) is 3.99. The summed E-state index contributed by atoms with van der Waals surface area (Å²) in [7, 11) is 0. The molecule has 0 aliphatic heterocycles. The van der Waals surface area contributed by atoms with Crippen LogP contribution in [0.5, 0.6) is 0 Å². The predicted octanol–water partition coefficient (Wildman–Crippen LogP) is 2.54. The second kappa shape index (κ2) is 5.82. The van der Waals surface area contributed by atoms with E-state index in [9.17, 15) is 9.50 Å². The third-order valence-corrected chi connectivity index (χ3v) is 4.08. The van der Waals surface area contributed by atoms with Gasteiger partial charge in [0.1, 0.15) is 5.82 Å². The average Bonchev–Trinajstić information content (AvgIpc) is 3.14. The molecule has 1 unspecified atom stereocenters. The molecule has 0 bridgehead atoms. The van der Waals surface area contributed by atoms with Gasteiger partial charge in [-0.3, -0.25) is 5.10 Å². The normalized spacial score (nSPS) is 12.8. The van der Waals surface area contributed by atoms with Crippen LogP contribution in [0, 0.1) is 12.7 Å². The van der Waals surface area contributed by atoms with E-state index in [2.05, 4.69) is 25.5 Å². The third-order valence-electron chi connectivity index (χ3n) is 4.08. The van der Waals surface area contributed by atoms with Gasteiger partial charge in [0, 0.05) is 11.9 Å². The molecule has 3 heterocycles. The van der Waals surface area contributed by atoms with Gasteiger partial charge in [0.05, 0.1) is 46.4 Å². The van der Waals surface area contributed by atoms with Gasteiger partial charge in [-0.1, -0.05) is 0 Å². The van der Waals surface area contributed by atoms with Crippen LogP contribution in [-0.4, -0.2) is 42.5 Å². The molecular formula is C17H17FN6O. The Morgan fingerprint density at radius 1 is 1.32 bits per heavy atom. The Bertz CT molecular complexity index is 1070. The molecule has 3 aromatic heterocycles. The average molecular weight is 340 g/mol. The van der Waals surface area contributed by atoms with Crippen LogP contribution in [0.4, 0.5) is 10.3 Å². The number of anilines is 1. The Balaban J connectivity index is 1.87. The first-order valence-electron chi connectivity index (χ1n) is 7.93. The van der Waals surface area contributed by atoms with Crippen molar-refractivity contribution >= 4 is 27.9 Å². The van der Waals surface area contributed by atoms with Gasteiger partial charge in [-0.2, -0.15) is 5.10 Å². The lowest BCUT2D eigenvalue weighted by atomic mass is 10.2. The summed E-state index contributed by atoms with van der Waals surface area (Å²) in [5, 5.41) is 20.1. The van der Waals surface area contributed by atoms with E-state index in [1.807, 2.05) is 11.5 Å². The van der Waals surface area contributed by atoms with Gasteiger partial charge in [-0.15, -0.1) is 0 Å². The molecule has 4 rings (SSSR count). The SMILES string of the molecule is Cc1nc(NCC(C)O)ncc1-n1c2ccc(F)cc2c2[nH]ncc21. The molecule has 0 amide bonds. The van der Waals surface area contributed by atoms with Crippen molar-refractivity contribution in [3.05, 3.63) is 42.1 Å². The van der Waals surface area contributed by atoms with Crippen LogP contribution in [0.15, 0.2) is 30.6 Å². The minimum Gasteiger partial charge on any atom is -0.392 e. The highest BCUT2D eigenvalue weighted by atomic mass is 19.1. The number of hydrogen-bond donors (Lipinski definition) is 3. The fourth-order valence-electron chi connectivity index (χ4n) is 2.94. The van der Waals surface area contributed by atoms with E-state index in [1.165, 1.54) is 12.1 Å². The van der Waals surface area contributed by atoms with E-state index >= 15 is 0 Å². The summed E-state index contributed by atoms with van der Waals surface area (Å²) in [4.78, 5) is 8.78. The molecule has 128 valence electrons. The van der Waals surface area contributed by atoms with Gasteiger partial charge in [-0.05, 0) is 32.0 Å². The van der Waals surface area contributed by atoms with Crippen LogP contribution >= 0.6 is 0 Å². The lowest BCUT2D eigenvalue weighted by Gasteiger charge is -2.12. The van der Waals surface area contributed by atoms with Gasteiger partial charge < -0.3 is 15.0 Å². The molecule has 0 saturated carbocycles. The van der Waals surface area contributed by atoms with Crippen molar-refractivity contribution in [2.75, 3.05) is 11.9 Å². The summed E-state index contributed by atoms with van der Waals surface area (Å²) in [6, 6.07) is 4.65. The van der Waals surface area contributed by atoms with Gasteiger partial charge in [-0.25, -0.2) is 14.4 Å². The number of halogens is 1. The number of H-pyrrole nitrogens is 1. The predicted molar refractivity (Wildman–Crippen MR) is 93.4 cm³/mol. The van der Waals surface area contributed by atoms with Gasteiger partial charge in [0.25, 0.3) is 0 Å². The molecule has 0 saturated heterocycles. The van der Waals surface area contributed by atoms with Crippen molar-refractivity contribution < 1.29 is 9.50 Å². The molecule has 0 fully saturated rings. The number of aromatic amines is 1. The highest BCUT2D eigenvalue weighted by Crippen LogP contribution is 2.31. The smallest absolute Gasteiger partial charge is 0.223 e. The number of aromatic nitrogens is 5. The summed E-state index contributed by atoms with van der Waals surface area (Å²) in [6.45, 7) is 3.94. The standard InChI is InChI=1S/C17H17FN6O/c1-9(25)6-19-17-20-7-14(10(2)22-17)24-13-4-3-11(18)5-12(13)16-15(24)8-21-23-16/h3-5,7-9,25H,6H2,1-2H3,(H,21,23)(H,19,20,22). The molecule has 7 nitrogen and oxygen atoms in total. The molecule has 1 atom stereocenters. The molecule has 0 aliphatic carbocycles. The number of nitrogens with zero attached hydrogens (tertiary/aromatic N) is 4. The summed E-state index contributed by atoms with van der Waals surface area (Å²) in [5.74, 6) is 0.153. The highest BCUT2D eigenvalue weighted by Gasteiger charge is 2.17. The Labute approximate surface area is 142 Å². The highest BCUT2D eigenvalue weighted by molar-refractivity contribution is 6.06. The minimum absolute atomic E-state index is 0.299. The number of hydrogen-bond acceptors (Lipinski definition) is 5. The number of aryl methyl sites for hydroxylation is 1.